The van der Waals surface area contributed by atoms with Gasteiger partial charge < -0.3 is 0 Å². The van der Waals surface area contributed by atoms with E-state index in [1.165, 1.54) is 22.3 Å². The van der Waals surface area contributed by atoms with Crippen molar-refractivity contribution in [3.05, 3.63) is 132 Å². The first-order chi connectivity index (χ1) is 13.9. The van der Waals surface area contributed by atoms with Crippen molar-refractivity contribution in [2.45, 2.75) is 0 Å². The fraction of sp³-hybridized carbons (Fsp3) is 0.214. The average Bonchev–Trinajstić information content (AvgIpc) is 2.78. The third kappa shape index (κ3) is 2.37. The second kappa shape index (κ2) is 6.34. The van der Waals surface area contributed by atoms with Gasteiger partial charge in [0.05, 0.1) is 0 Å². The van der Waals surface area contributed by atoms with Gasteiger partial charge in [-0.1, -0.05) is 109 Å². The van der Waals surface area contributed by atoms with Crippen molar-refractivity contribution in [3.8, 4) is 0 Å². The number of hydrogen-bond donors (Lipinski definition) is 0. The summed E-state index contributed by atoms with van der Waals surface area (Å²) in [7, 11) is 0. The molecule has 0 amide bonds. The lowest BCUT2D eigenvalue weighted by atomic mass is 9.64. The second-order valence-electron chi connectivity index (χ2n) is 8.44. The van der Waals surface area contributed by atoms with E-state index in [9.17, 15) is 0 Å². The lowest BCUT2D eigenvalue weighted by Gasteiger charge is -2.40. The van der Waals surface area contributed by atoms with Crippen molar-refractivity contribution < 1.29 is 0 Å². The average molecular weight is 361 g/mol. The molecule has 136 valence electrons. The van der Waals surface area contributed by atoms with Crippen LogP contribution < -0.4 is 0 Å². The second-order valence-corrected chi connectivity index (χ2v) is 8.44. The summed E-state index contributed by atoms with van der Waals surface area (Å²) in [6, 6.07) is 0. The summed E-state index contributed by atoms with van der Waals surface area (Å²) in [5.74, 6) is 2.86. The van der Waals surface area contributed by atoms with Crippen LogP contribution in [-0.4, -0.2) is 0 Å². The van der Waals surface area contributed by atoms with Gasteiger partial charge in [0, 0.05) is 35.5 Å². The standard InChI is InChI=1S/C28H24/c1-3-10-21-19(7-1)9-5-12-23(21)24-13-6-14-25-27-16-15-20-8-2-4-11-22(20)26(27)17-18-28(24)25/h1-22,25,28H. The molecule has 0 radical (unpaired) electrons. The van der Waals surface area contributed by atoms with Gasteiger partial charge >= 0.3 is 0 Å². The minimum atomic E-state index is 0.436. The molecule has 0 fully saturated rings. The van der Waals surface area contributed by atoms with E-state index in [-0.39, 0.29) is 0 Å². The molecule has 28 heavy (non-hydrogen) atoms. The van der Waals surface area contributed by atoms with E-state index < -0.39 is 0 Å². The first-order valence-corrected chi connectivity index (χ1v) is 10.5. The van der Waals surface area contributed by atoms with E-state index in [0.717, 1.165) is 0 Å². The maximum absolute atomic E-state index is 2.47. The molecule has 0 saturated carbocycles. The van der Waals surface area contributed by atoms with Crippen LogP contribution in [0, 0.1) is 35.5 Å². The van der Waals surface area contributed by atoms with Gasteiger partial charge in [-0.15, -0.1) is 0 Å². The third-order valence-electron chi connectivity index (χ3n) is 7.03. The molecule has 6 unspecified atom stereocenters. The summed E-state index contributed by atoms with van der Waals surface area (Å²) in [6.07, 6.45) is 41.8. The van der Waals surface area contributed by atoms with Crippen LogP contribution >= 0.6 is 0 Å². The van der Waals surface area contributed by atoms with Crippen molar-refractivity contribution in [1.29, 1.82) is 0 Å². The highest BCUT2D eigenvalue weighted by atomic mass is 14.4. The Morgan fingerprint density at radius 3 is 1.79 bits per heavy atom. The first-order valence-electron chi connectivity index (χ1n) is 10.5. The summed E-state index contributed by atoms with van der Waals surface area (Å²) >= 11 is 0. The Balaban J connectivity index is 1.37. The molecule has 6 aliphatic rings. The van der Waals surface area contributed by atoms with Crippen molar-refractivity contribution in [2.75, 3.05) is 0 Å². The third-order valence-corrected chi connectivity index (χ3v) is 7.03. The highest BCUT2D eigenvalue weighted by molar-refractivity contribution is 5.57. The molecule has 6 rings (SSSR count). The normalized spacial score (nSPS) is 38.6. The quantitative estimate of drug-likeness (QED) is 0.510. The molecule has 0 bridgehead atoms. The number of hydrogen-bond acceptors (Lipinski definition) is 0. The fourth-order valence-corrected chi connectivity index (χ4v) is 5.66. The Hall–Kier alpha value is -2.86. The summed E-state index contributed by atoms with van der Waals surface area (Å²) in [4.78, 5) is 0. The molecular formula is C28H24. The molecule has 0 heterocycles. The fourth-order valence-electron chi connectivity index (χ4n) is 5.66. The van der Waals surface area contributed by atoms with Crippen molar-refractivity contribution >= 4 is 0 Å². The highest BCUT2D eigenvalue weighted by Crippen LogP contribution is 2.48. The van der Waals surface area contributed by atoms with E-state index in [4.69, 9.17) is 0 Å². The largest absolute Gasteiger partial charge is 0.0767 e. The maximum Gasteiger partial charge on any atom is 0.0128 e. The van der Waals surface area contributed by atoms with E-state index in [0.29, 0.717) is 35.5 Å². The SMILES string of the molecule is C1=CC2C=CC=C(C3=CC=CC4C5=C(C=CC34)C3C=CC=CC3C=C5)C2C=C1. The number of rotatable bonds is 1. The Labute approximate surface area is 167 Å². The van der Waals surface area contributed by atoms with Gasteiger partial charge in [-0.25, -0.2) is 0 Å². The van der Waals surface area contributed by atoms with Crippen LogP contribution in [0.25, 0.3) is 0 Å². The van der Waals surface area contributed by atoms with Crippen molar-refractivity contribution in [2.24, 2.45) is 35.5 Å². The van der Waals surface area contributed by atoms with Crippen LogP contribution in [0.15, 0.2) is 132 Å². The Morgan fingerprint density at radius 2 is 0.929 bits per heavy atom. The van der Waals surface area contributed by atoms with Gasteiger partial charge in [-0.3, -0.25) is 0 Å². The van der Waals surface area contributed by atoms with Gasteiger partial charge in [-0.2, -0.15) is 0 Å². The lowest BCUT2D eigenvalue weighted by molar-refractivity contribution is 0.536. The zero-order chi connectivity index (χ0) is 18.5. The molecule has 0 aromatic heterocycles. The van der Waals surface area contributed by atoms with Crippen molar-refractivity contribution in [1.82, 2.24) is 0 Å². The lowest BCUT2D eigenvalue weighted by Crippen LogP contribution is -2.29. The van der Waals surface area contributed by atoms with Crippen LogP contribution in [0.5, 0.6) is 0 Å². The zero-order valence-corrected chi connectivity index (χ0v) is 15.9. The topological polar surface area (TPSA) is 0 Å². The first kappa shape index (κ1) is 16.1. The highest BCUT2D eigenvalue weighted by Gasteiger charge is 2.37. The summed E-state index contributed by atoms with van der Waals surface area (Å²) in [5.41, 5.74) is 6.00. The molecule has 0 spiro atoms. The van der Waals surface area contributed by atoms with E-state index in [2.05, 4.69) is 109 Å². The molecular weight excluding hydrogens is 336 g/mol. The predicted octanol–water partition coefficient (Wildman–Crippen LogP) is 6.36. The number of allylic oxidation sites excluding steroid dienone is 22. The Bertz CT molecular complexity index is 1040. The van der Waals surface area contributed by atoms with Crippen LogP contribution in [0.3, 0.4) is 0 Å². The van der Waals surface area contributed by atoms with E-state index in [1.54, 1.807) is 0 Å². The molecule has 0 N–H and O–H groups in total. The van der Waals surface area contributed by atoms with Gasteiger partial charge in [0.25, 0.3) is 0 Å². The minimum Gasteiger partial charge on any atom is -0.0767 e. The Kier molecular flexibility index (Phi) is 3.65. The molecule has 0 heteroatoms. The number of fused-ring (bicyclic) bond motifs is 5. The van der Waals surface area contributed by atoms with Gasteiger partial charge in [0.15, 0.2) is 0 Å². The molecule has 0 aromatic rings. The van der Waals surface area contributed by atoms with Gasteiger partial charge in [-0.05, 0) is 22.3 Å². The molecule has 0 nitrogen and oxygen atoms in total. The molecule has 6 atom stereocenters. The van der Waals surface area contributed by atoms with Crippen LogP contribution in [-0.2, 0) is 0 Å². The maximum atomic E-state index is 2.47. The zero-order valence-electron chi connectivity index (χ0n) is 15.9. The minimum absolute atomic E-state index is 0.436. The Morgan fingerprint density at radius 1 is 0.393 bits per heavy atom. The van der Waals surface area contributed by atoms with Crippen LogP contribution in [0.2, 0.25) is 0 Å². The van der Waals surface area contributed by atoms with Gasteiger partial charge in [0.2, 0.25) is 0 Å². The predicted molar refractivity (Wildman–Crippen MR) is 117 cm³/mol. The molecule has 0 aromatic carbocycles. The summed E-state index contributed by atoms with van der Waals surface area (Å²) in [6.45, 7) is 0. The molecule has 6 aliphatic carbocycles. The van der Waals surface area contributed by atoms with Gasteiger partial charge in [0.1, 0.15) is 0 Å². The van der Waals surface area contributed by atoms with Crippen LogP contribution in [0.1, 0.15) is 0 Å². The van der Waals surface area contributed by atoms with E-state index in [1.807, 2.05) is 0 Å². The molecule has 0 aliphatic heterocycles. The monoisotopic (exact) mass is 360 g/mol. The molecule has 0 saturated heterocycles. The van der Waals surface area contributed by atoms with E-state index >= 15 is 0 Å². The van der Waals surface area contributed by atoms with Crippen LogP contribution in [0.4, 0.5) is 0 Å². The summed E-state index contributed by atoms with van der Waals surface area (Å²) in [5, 5.41) is 0. The van der Waals surface area contributed by atoms with Crippen molar-refractivity contribution in [3.63, 3.8) is 0 Å². The summed E-state index contributed by atoms with van der Waals surface area (Å²) < 4.78 is 0. The smallest absolute Gasteiger partial charge is 0.0128 e.